The summed E-state index contributed by atoms with van der Waals surface area (Å²) < 4.78 is 10.6. The quantitative estimate of drug-likeness (QED) is 0.407. The van der Waals surface area contributed by atoms with Crippen molar-refractivity contribution < 1.29 is 23.5 Å². The van der Waals surface area contributed by atoms with E-state index in [1.807, 2.05) is 26.0 Å². The second kappa shape index (κ2) is 9.00. The first-order valence-corrected chi connectivity index (χ1v) is 10.3. The van der Waals surface area contributed by atoms with Gasteiger partial charge in [0.1, 0.15) is 11.3 Å². The monoisotopic (exact) mass is 442 g/mol. The molecule has 0 radical (unpaired) electrons. The highest BCUT2D eigenvalue weighted by Crippen LogP contribution is 2.32. The highest BCUT2D eigenvalue weighted by Gasteiger charge is 2.25. The summed E-state index contributed by atoms with van der Waals surface area (Å²) in [6.07, 6.45) is 0. The molecule has 0 spiro atoms. The summed E-state index contributed by atoms with van der Waals surface area (Å²) in [5.41, 5.74) is 3.65. The van der Waals surface area contributed by atoms with Crippen LogP contribution in [0.1, 0.15) is 42.4 Å². The molecule has 0 bridgehead atoms. The third-order valence-electron chi connectivity index (χ3n) is 5.38. The highest BCUT2D eigenvalue weighted by atomic mass is 16.5. The Morgan fingerprint density at radius 3 is 2.21 bits per heavy atom. The van der Waals surface area contributed by atoms with Gasteiger partial charge in [-0.2, -0.15) is 0 Å². The summed E-state index contributed by atoms with van der Waals surface area (Å²) >= 11 is 0. The van der Waals surface area contributed by atoms with Crippen molar-refractivity contribution >= 4 is 40.1 Å². The molecule has 4 rings (SSSR count). The molecule has 33 heavy (non-hydrogen) atoms. The molecule has 0 aliphatic heterocycles. The van der Waals surface area contributed by atoms with Crippen molar-refractivity contribution in [2.24, 2.45) is 0 Å². The number of hydrogen-bond donors (Lipinski definition) is 2. The van der Waals surface area contributed by atoms with E-state index in [0.29, 0.717) is 16.7 Å². The number of aryl methyl sites for hydroxylation is 2. The molecule has 0 unspecified atom stereocenters. The first-order chi connectivity index (χ1) is 15.9. The van der Waals surface area contributed by atoms with Gasteiger partial charge in [-0.05, 0) is 61.4 Å². The van der Waals surface area contributed by atoms with Gasteiger partial charge < -0.3 is 19.8 Å². The molecule has 0 aliphatic rings. The summed E-state index contributed by atoms with van der Waals surface area (Å²) in [7, 11) is 1.25. The molecular formula is C26H22N2O5. The van der Waals surface area contributed by atoms with Crippen molar-refractivity contribution in [3.63, 3.8) is 0 Å². The van der Waals surface area contributed by atoms with Gasteiger partial charge in [0.15, 0.2) is 0 Å². The van der Waals surface area contributed by atoms with Crippen LogP contribution in [0.5, 0.6) is 0 Å². The van der Waals surface area contributed by atoms with E-state index < -0.39 is 17.8 Å². The number of ether oxygens (including phenoxy) is 1. The zero-order valence-electron chi connectivity index (χ0n) is 18.4. The van der Waals surface area contributed by atoms with Crippen molar-refractivity contribution in [2.75, 3.05) is 17.7 Å². The van der Waals surface area contributed by atoms with Crippen LogP contribution in [0.25, 0.3) is 11.0 Å². The summed E-state index contributed by atoms with van der Waals surface area (Å²) in [5.74, 6) is -1.75. The fraction of sp³-hybridized carbons (Fsp3) is 0.115. The number of esters is 1. The second-order valence-electron chi connectivity index (χ2n) is 7.55. The summed E-state index contributed by atoms with van der Waals surface area (Å²) in [6.45, 7) is 3.94. The Hall–Kier alpha value is -4.39. The van der Waals surface area contributed by atoms with E-state index in [1.54, 1.807) is 42.5 Å². The highest BCUT2D eigenvalue weighted by molar-refractivity contribution is 6.18. The van der Waals surface area contributed by atoms with E-state index in [0.717, 1.165) is 11.1 Å². The van der Waals surface area contributed by atoms with Crippen LogP contribution in [0.2, 0.25) is 0 Å². The Labute approximate surface area is 190 Å². The zero-order chi connectivity index (χ0) is 23.5. The first kappa shape index (κ1) is 21.8. The van der Waals surface area contributed by atoms with Crippen LogP contribution in [0.3, 0.4) is 0 Å². The Kier molecular flexibility index (Phi) is 5.95. The fourth-order valence-corrected chi connectivity index (χ4v) is 3.49. The number of methoxy groups -OCH3 is 1. The standard InChI is InChI=1S/C26H22N2O5/c1-15-12-13-17(14-16(15)2)27-25(30)23-22(20-10-6-7-11-21(20)33-23)28-24(29)18-8-4-5-9-19(18)26(31)32-3/h4-14H,1-3H3,(H,27,30)(H,28,29). The molecule has 2 amide bonds. The summed E-state index contributed by atoms with van der Waals surface area (Å²) in [6, 6.07) is 18.9. The number of rotatable bonds is 5. The molecule has 0 atom stereocenters. The number of amides is 2. The predicted octanol–water partition coefficient (Wildman–Crippen LogP) is 5.34. The van der Waals surface area contributed by atoms with Gasteiger partial charge in [0.2, 0.25) is 5.76 Å². The third-order valence-corrected chi connectivity index (χ3v) is 5.38. The van der Waals surface area contributed by atoms with Gasteiger partial charge in [-0.1, -0.05) is 30.3 Å². The van der Waals surface area contributed by atoms with Gasteiger partial charge in [-0.3, -0.25) is 9.59 Å². The van der Waals surface area contributed by atoms with Crippen LogP contribution in [0, 0.1) is 13.8 Å². The SMILES string of the molecule is COC(=O)c1ccccc1C(=O)Nc1c(C(=O)Nc2ccc(C)c(C)c2)oc2ccccc12. The smallest absolute Gasteiger partial charge is 0.338 e. The van der Waals surface area contributed by atoms with Gasteiger partial charge in [-0.15, -0.1) is 0 Å². The molecule has 0 saturated heterocycles. The zero-order valence-corrected chi connectivity index (χ0v) is 18.4. The maximum atomic E-state index is 13.1. The molecule has 1 aromatic heterocycles. The first-order valence-electron chi connectivity index (χ1n) is 10.3. The van der Waals surface area contributed by atoms with E-state index in [4.69, 9.17) is 9.15 Å². The summed E-state index contributed by atoms with van der Waals surface area (Å²) in [5, 5.41) is 6.14. The topological polar surface area (TPSA) is 97.6 Å². The minimum absolute atomic E-state index is 0.0432. The van der Waals surface area contributed by atoms with Gasteiger partial charge in [0.25, 0.3) is 11.8 Å². The van der Waals surface area contributed by atoms with Crippen molar-refractivity contribution in [1.82, 2.24) is 0 Å². The third kappa shape index (κ3) is 4.34. The van der Waals surface area contributed by atoms with Gasteiger partial charge in [0, 0.05) is 11.1 Å². The predicted molar refractivity (Wildman–Crippen MR) is 126 cm³/mol. The van der Waals surface area contributed by atoms with E-state index >= 15 is 0 Å². The Morgan fingerprint density at radius 1 is 0.788 bits per heavy atom. The largest absolute Gasteiger partial charge is 0.465 e. The van der Waals surface area contributed by atoms with E-state index in [-0.39, 0.29) is 22.6 Å². The molecule has 3 aromatic carbocycles. The maximum Gasteiger partial charge on any atom is 0.338 e. The minimum Gasteiger partial charge on any atom is -0.465 e. The summed E-state index contributed by atoms with van der Waals surface area (Å²) in [4.78, 5) is 38.3. The van der Waals surface area contributed by atoms with E-state index in [2.05, 4.69) is 10.6 Å². The van der Waals surface area contributed by atoms with Crippen LogP contribution in [0.15, 0.2) is 71.1 Å². The number of hydrogen-bond acceptors (Lipinski definition) is 5. The lowest BCUT2D eigenvalue weighted by atomic mass is 10.1. The van der Waals surface area contributed by atoms with Crippen molar-refractivity contribution in [2.45, 2.75) is 13.8 Å². The fourth-order valence-electron chi connectivity index (χ4n) is 3.49. The number of carbonyl (C=O) groups is 3. The lowest BCUT2D eigenvalue weighted by Gasteiger charge is -2.10. The van der Waals surface area contributed by atoms with E-state index in [1.165, 1.54) is 19.2 Å². The molecule has 0 fully saturated rings. The van der Waals surface area contributed by atoms with Gasteiger partial charge in [-0.25, -0.2) is 4.79 Å². The van der Waals surface area contributed by atoms with Gasteiger partial charge in [0.05, 0.1) is 18.2 Å². The molecule has 0 saturated carbocycles. The second-order valence-corrected chi connectivity index (χ2v) is 7.55. The van der Waals surface area contributed by atoms with Crippen molar-refractivity contribution in [1.29, 1.82) is 0 Å². The number of benzene rings is 3. The number of anilines is 2. The van der Waals surface area contributed by atoms with E-state index in [9.17, 15) is 14.4 Å². The average Bonchev–Trinajstić information content (AvgIpc) is 3.19. The number of nitrogens with one attached hydrogen (secondary N) is 2. The minimum atomic E-state index is -0.634. The Bertz CT molecular complexity index is 1390. The Morgan fingerprint density at radius 2 is 1.48 bits per heavy atom. The average molecular weight is 442 g/mol. The normalized spacial score (nSPS) is 10.6. The number of carbonyl (C=O) groups excluding carboxylic acids is 3. The number of fused-ring (bicyclic) bond motifs is 1. The molecule has 1 heterocycles. The Balaban J connectivity index is 1.71. The lowest BCUT2D eigenvalue weighted by Crippen LogP contribution is -2.19. The molecule has 0 aliphatic carbocycles. The number of furan rings is 1. The van der Waals surface area contributed by atoms with Crippen LogP contribution < -0.4 is 10.6 Å². The molecule has 7 nitrogen and oxygen atoms in total. The molecule has 166 valence electrons. The maximum absolute atomic E-state index is 13.1. The molecule has 4 aromatic rings. The van der Waals surface area contributed by atoms with Crippen molar-refractivity contribution in [3.8, 4) is 0 Å². The molecular weight excluding hydrogens is 420 g/mol. The number of para-hydroxylation sites is 1. The van der Waals surface area contributed by atoms with Crippen LogP contribution >= 0.6 is 0 Å². The molecule has 7 heteroatoms. The van der Waals surface area contributed by atoms with Crippen LogP contribution in [-0.2, 0) is 4.74 Å². The van der Waals surface area contributed by atoms with Crippen LogP contribution in [-0.4, -0.2) is 24.9 Å². The lowest BCUT2D eigenvalue weighted by molar-refractivity contribution is 0.0597. The van der Waals surface area contributed by atoms with Crippen LogP contribution in [0.4, 0.5) is 11.4 Å². The van der Waals surface area contributed by atoms with Gasteiger partial charge >= 0.3 is 5.97 Å². The van der Waals surface area contributed by atoms with Crippen molar-refractivity contribution in [3.05, 3.63) is 94.7 Å². The molecule has 2 N–H and O–H groups in total.